The third-order valence-electron chi connectivity index (χ3n) is 3.13. The van der Waals surface area contributed by atoms with Crippen LogP contribution in [-0.4, -0.2) is 54.2 Å². The average molecular weight is 257 g/mol. The van der Waals surface area contributed by atoms with Gasteiger partial charge in [0.1, 0.15) is 0 Å². The third kappa shape index (κ3) is 4.23. The van der Waals surface area contributed by atoms with Crippen LogP contribution in [-0.2, 0) is 9.53 Å². The second-order valence-corrected chi connectivity index (χ2v) is 6.00. The maximum atomic E-state index is 12.0. The maximum absolute atomic E-state index is 12.0. The molecule has 1 fully saturated rings. The van der Waals surface area contributed by atoms with Gasteiger partial charge in [0.2, 0.25) is 5.91 Å². The molecule has 2 unspecified atom stereocenters. The van der Waals surface area contributed by atoms with Crippen molar-refractivity contribution in [2.75, 3.05) is 19.6 Å². The zero-order valence-electron chi connectivity index (χ0n) is 12.2. The van der Waals surface area contributed by atoms with Crippen molar-refractivity contribution in [1.82, 2.24) is 10.2 Å². The minimum absolute atomic E-state index is 0.00282. The van der Waals surface area contributed by atoms with Gasteiger partial charge in [-0.25, -0.2) is 0 Å². The van der Waals surface area contributed by atoms with Gasteiger partial charge in [-0.15, -0.1) is 0 Å². The fraction of sp³-hybridized carbons (Fsp3) is 0.923. The van der Waals surface area contributed by atoms with E-state index in [1.54, 1.807) is 0 Å². The Balaban J connectivity index is 2.66. The van der Waals surface area contributed by atoms with E-state index in [2.05, 4.69) is 10.2 Å². The summed E-state index contributed by atoms with van der Waals surface area (Å²) < 4.78 is 5.87. The quantitative estimate of drug-likeness (QED) is 0.762. The molecule has 0 aromatic carbocycles. The Hall–Kier alpha value is -0.650. The highest BCUT2D eigenvalue weighted by Crippen LogP contribution is 2.22. The molecule has 0 aliphatic carbocycles. The molecule has 0 aromatic rings. The fourth-order valence-corrected chi connectivity index (χ4v) is 2.33. The van der Waals surface area contributed by atoms with E-state index in [9.17, 15) is 4.79 Å². The number of morpholine rings is 1. The Morgan fingerprint density at radius 3 is 2.61 bits per heavy atom. The number of nitrogens with one attached hydrogen (secondary N) is 1. The van der Waals surface area contributed by atoms with Crippen LogP contribution in [0.1, 0.15) is 34.6 Å². The van der Waals surface area contributed by atoms with Crippen molar-refractivity contribution in [1.29, 1.82) is 0 Å². The van der Waals surface area contributed by atoms with Gasteiger partial charge >= 0.3 is 0 Å². The topological polar surface area (TPSA) is 67.6 Å². The average Bonchev–Trinajstić information content (AvgIpc) is 2.24. The van der Waals surface area contributed by atoms with E-state index in [1.165, 1.54) is 0 Å². The molecule has 0 saturated carbocycles. The zero-order chi connectivity index (χ0) is 13.9. The molecule has 18 heavy (non-hydrogen) atoms. The molecule has 5 nitrogen and oxygen atoms in total. The third-order valence-corrected chi connectivity index (χ3v) is 3.13. The zero-order valence-corrected chi connectivity index (χ0v) is 12.2. The second kappa shape index (κ2) is 5.99. The number of hydrogen-bond acceptors (Lipinski definition) is 4. The molecule has 1 aliphatic rings. The van der Waals surface area contributed by atoms with Gasteiger partial charge in [0.15, 0.2) is 0 Å². The lowest BCUT2D eigenvalue weighted by atomic mass is 10.0. The number of hydrogen-bond donors (Lipinski definition) is 2. The van der Waals surface area contributed by atoms with Crippen molar-refractivity contribution >= 4 is 5.91 Å². The van der Waals surface area contributed by atoms with E-state index in [1.807, 2.05) is 34.6 Å². The summed E-state index contributed by atoms with van der Waals surface area (Å²) in [6.45, 7) is 11.9. The van der Waals surface area contributed by atoms with Gasteiger partial charge in [-0.1, -0.05) is 0 Å². The summed E-state index contributed by atoms with van der Waals surface area (Å²) in [7, 11) is 0. The Labute approximate surface area is 110 Å². The van der Waals surface area contributed by atoms with Crippen LogP contribution in [0.15, 0.2) is 0 Å². The van der Waals surface area contributed by atoms with Gasteiger partial charge in [0, 0.05) is 25.7 Å². The van der Waals surface area contributed by atoms with Gasteiger partial charge in [-0.05, 0) is 34.6 Å². The fourth-order valence-electron chi connectivity index (χ4n) is 2.33. The predicted octanol–water partition coefficient (Wildman–Crippen LogP) is 0.338. The highest BCUT2D eigenvalue weighted by Gasteiger charge is 2.36. The normalized spacial score (nSPS) is 26.1. The lowest BCUT2D eigenvalue weighted by molar-refractivity contribution is -0.150. The van der Waals surface area contributed by atoms with E-state index in [-0.39, 0.29) is 29.7 Å². The van der Waals surface area contributed by atoms with Crippen LogP contribution < -0.4 is 11.1 Å². The van der Waals surface area contributed by atoms with Crippen molar-refractivity contribution < 1.29 is 9.53 Å². The molecule has 1 aliphatic heterocycles. The van der Waals surface area contributed by atoms with Gasteiger partial charge in [-0.3, -0.25) is 9.69 Å². The molecule has 2 atom stereocenters. The molecule has 0 radical (unpaired) electrons. The number of ether oxygens (including phenoxy) is 1. The van der Waals surface area contributed by atoms with E-state index >= 15 is 0 Å². The Bertz CT molecular complexity index is 292. The molecule has 1 saturated heterocycles. The molecule has 3 N–H and O–H groups in total. The van der Waals surface area contributed by atoms with Crippen LogP contribution >= 0.6 is 0 Å². The standard InChI is InChI=1S/C13H27N3O2/c1-9(2)15-12(17)10(3)16-7-11(6-14)18-13(4,5)8-16/h9-11H,6-8,14H2,1-5H3,(H,15,17). The summed E-state index contributed by atoms with van der Waals surface area (Å²) in [6.07, 6.45) is 0.00282. The molecular weight excluding hydrogens is 230 g/mol. The van der Waals surface area contributed by atoms with E-state index < -0.39 is 0 Å². The number of nitrogens with two attached hydrogens (primary N) is 1. The summed E-state index contributed by atoms with van der Waals surface area (Å²) in [4.78, 5) is 14.2. The van der Waals surface area contributed by atoms with Crippen molar-refractivity contribution in [2.24, 2.45) is 5.73 Å². The van der Waals surface area contributed by atoms with Crippen LogP contribution in [0.3, 0.4) is 0 Å². The van der Waals surface area contributed by atoms with Crippen LogP contribution in [0.25, 0.3) is 0 Å². The van der Waals surface area contributed by atoms with Crippen molar-refractivity contribution in [2.45, 2.75) is 58.4 Å². The van der Waals surface area contributed by atoms with E-state index in [0.29, 0.717) is 13.1 Å². The van der Waals surface area contributed by atoms with Gasteiger partial charge in [0.25, 0.3) is 0 Å². The summed E-state index contributed by atoms with van der Waals surface area (Å²) in [5, 5.41) is 2.95. The number of nitrogens with zero attached hydrogens (tertiary/aromatic N) is 1. The molecule has 0 bridgehead atoms. The molecule has 106 valence electrons. The molecule has 1 heterocycles. The van der Waals surface area contributed by atoms with Crippen LogP contribution in [0.4, 0.5) is 0 Å². The Morgan fingerprint density at radius 1 is 1.50 bits per heavy atom. The van der Waals surface area contributed by atoms with E-state index in [0.717, 1.165) is 6.54 Å². The van der Waals surface area contributed by atoms with Crippen molar-refractivity contribution in [3.63, 3.8) is 0 Å². The predicted molar refractivity (Wildman–Crippen MR) is 72.3 cm³/mol. The minimum atomic E-state index is -0.255. The first-order valence-corrected chi connectivity index (χ1v) is 6.67. The lowest BCUT2D eigenvalue weighted by Gasteiger charge is -2.44. The van der Waals surface area contributed by atoms with Crippen molar-refractivity contribution in [3.8, 4) is 0 Å². The van der Waals surface area contributed by atoms with Crippen molar-refractivity contribution in [3.05, 3.63) is 0 Å². The van der Waals surface area contributed by atoms with E-state index in [4.69, 9.17) is 10.5 Å². The van der Waals surface area contributed by atoms with Gasteiger partial charge in [-0.2, -0.15) is 0 Å². The lowest BCUT2D eigenvalue weighted by Crippen LogP contribution is -2.60. The first-order chi connectivity index (χ1) is 8.25. The highest BCUT2D eigenvalue weighted by molar-refractivity contribution is 5.81. The monoisotopic (exact) mass is 257 g/mol. The second-order valence-electron chi connectivity index (χ2n) is 6.00. The van der Waals surface area contributed by atoms with Gasteiger partial charge < -0.3 is 15.8 Å². The number of carbonyl (C=O) groups is 1. The SMILES string of the molecule is CC(C)NC(=O)C(C)N1CC(CN)OC(C)(C)C1. The summed E-state index contributed by atoms with van der Waals surface area (Å²) in [6, 6.07) is 0.0175. The Kier molecular flexibility index (Phi) is 5.13. The number of rotatable bonds is 4. The Morgan fingerprint density at radius 2 is 2.11 bits per heavy atom. The number of amides is 1. The minimum Gasteiger partial charge on any atom is -0.368 e. The summed E-state index contributed by atoms with van der Waals surface area (Å²) in [5.74, 6) is 0.0680. The number of carbonyl (C=O) groups excluding carboxylic acids is 1. The van der Waals surface area contributed by atoms with Crippen LogP contribution in [0.2, 0.25) is 0 Å². The summed E-state index contributed by atoms with van der Waals surface area (Å²) >= 11 is 0. The maximum Gasteiger partial charge on any atom is 0.237 e. The molecule has 1 amide bonds. The molecular formula is C13H27N3O2. The molecule has 0 spiro atoms. The van der Waals surface area contributed by atoms with Crippen LogP contribution in [0, 0.1) is 0 Å². The largest absolute Gasteiger partial charge is 0.368 e. The molecule has 0 aromatic heterocycles. The molecule has 5 heteroatoms. The summed E-state index contributed by atoms with van der Waals surface area (Å²) in [5.41, 5.74) is 5.44. The van der Waals surface area contributed by atoms with Gasteiger partial charge in [0.05, 0.1) is 17.7 Å². The smallest absolute Gasteiger partial charge is 0.237 e. The molecule has 1 rings (SSSR count). The first kappa shape index (κ1) is 15.4. The van der Waals surface area contributed by atoms with Crippen LogP contribution in [0.5, 0.6) is 0 Å². The first-order valence-electron chi connectivity index (χ1n) is 6.67. The highest BCUT2D eigenvalue weighted by atomic mass is 16.5.